The molecule has 0 radical (unpaired) electrons. The predicted molar refractivity (Wildman–Crippen MR) is 70.5 cm³/mol. The summed E-state index contributed by atoms with van der Waals surface area (Å²) in [4.78, 5) is 14.5. The lowest BCUT2D eigenvalue weighted by Gasteiger charge is -2.18. The quantitative estimate of drug-likeness (QED) is 0.777. The summed E-state index contributed by atoms with van der Waals surface area (Å²) in [6, 6.07) is 2.79. The number of rotatable bonds is 6. The molecule has 1 heterocycles. The molecule has 1 aromatic heterocycles. The van der Waals surface area contributed by atoms with Crippen LogP contribution in [-0.2, 0) is 14.8 Å². The predicted octanol–water partition coefficient (Wildman–Crippen LogP) is 1.51. The van der Waals surface area contributed by atoms with Crippen LogP contribution >= 0.6 is 11.6 Å². The molecule has 0 aliphatic carbocycles. The number of aromatic nitrogens is 1. The minimum absolute atomic E-state index is 0.00680. The summed E-state index contributed by atoms with van der Waals surface area (Å²) in [7, 11) is -3.78. The second-order valence-corrected chi connectivity index (χ2v) is 6.72. The number of hydrogen-bond acceptors (Lipinski definition) is 4. The molecular formula is C11H15ClN2O4S. The van der Waals surface area contributed by atoms with Gasteiger partial charge in [0.2, 0.25) is 10.0 Å². The van der Waals surface area contributed by atoms with Gasteiger partial charge in [0.1, 0.15) is 10.0 Å². The van der Waals surface area contributed by atoms with Crippen LogP contribution in [0.1, 0.15) is 20.3 Å². The van der Waals surface area contributed by atoms with E-state index in [-0.39, 0.29) is 23.0 Å². The zero-order valence-electron chi connectivity index (χ0n) is 10.6. The monoisotopic (exact) mass is 306 g/mol. The molecule has 0 saturated heterocycles. The molecule has 0 aliphatic heterocycles. The van der Waals surface area contributed by atoms with Gasteiger partial charge in [-0.3, -0.25) is 4.79 Å². The van der Waals surface area contributed by atoms with Gasteiger partial charge in [0.25, 0.3) is 0 Å². The topological polar surface area (TPSA) is 96.4 Å². The molecule has 2 N–H and O–H groups in total. The fraction of sp³-hybridized carbons (Fsp3) is 0.455. The first-order valence-electron chi connectivity index (χ1n) is 5.50. The van der Waals surface area contributed by atoms with Crippen molar-refractivity contribution in [3.8, 4) is 0 Å². The summed E-state index contributed by atoms with van der Waals surface area (Å²) in [5.74, 6) is -0.980. The molecule has 6 nitrogen and oxygen atoms in total. The van der Waals surface area contributed by atoms with E-state index in [1.54, 1.807) is 0 Å². The highest BCUT2D eigenvalue weighted by molar-refractivity contribution is 7.89. The van der Waals surface area contributed by atoms with Crippen LogP contribution in [0.2, 0.25) is 5.15 Å². The normalized spacial score (nSPS) is 12.4. The standard InChI is InChI=1S/C11H15ClN2O4S/c1-11(2,10(15)16)5-7-14-19(17,18)8-4-3-6-13-9(8)12/h3-4,6,14H,5,7H2,1-2H3,(H,15,16). The summed E-state index contributed by atoms with van der Waals surface area (Å²) in [5, 5.41) is 8.81. The van der Waals surface area contributed by atoms with Crippen molar-refractivity contribution in [2.24, 2.45) is 5.41 Å². The van der Waals surface area contributed by atoms with E-state index in [0.29, 0.717) is 0 Å². The number of carboxylic acid groups (broad SMARTS) is 1. The lowest BCUT2D eigenvalue weighted by atomic mass is 9.90. The van der Waals surface area contributed by atoms with Crippen LogP contribution < -0.4 is 4.72 Å². The highest BCUT2D eigenvalue weighted by Crippen LogP contribution is 2.21. The van der Waals surface area contributed by atoms with Crippen LogP contribution in [0.3, 0.4) is 0 Å². The molecule has 0 amide bonds. The lowest BCUT2D eigenvalue weighted by Crippen LogP contribution is -2.32. The summed E-state index contributed by atoms with van der Waals surface area (Å²) < 4.78 is 26.2. The highest BCUT2D eigenvalue weighted by Gasteiger charge is 2.27. The lowest BCUT2D eigenvalue weighted by molar-refractivity contribution is -0.147. The SMILES string of the molecule is CC(C)(CCNS(=O)(=O)c1cccnc1Cl)C(=O)O. The molecule has 0 saturated carbocycles. The largest absolute Gasteiger partial charge is 0.481 e. The maximum absolute atomic E-state index is 11.9. The number of nitrogens with zero attached hydrogens (tertiary/aromatic N) is 1. The highest BCUT2D eigenvalue weighted by atomic mass is 35.5. The van der Waals surface area contributed by atoms with Gasteiger partial charge in [0, 0.05) is 12.7 Å². The van der Waals surface area contributed by atoms with Crippen molar-refractivity contribution in [3.05, 3.63) is 23.5 Å². The molecular weight excluding hydrogens is 292 g/mol. The minimum atomic E-state index is -3.78. The number of carbonyl (C=O) groups is 1. The van der Waals surface area contributed by atoms with E-state index >= 15 is 0 Å². The van der Waals surface area contributed by atoms with Crippen molar-refractivity contribution in [2.75, 3.05) is 6.54 Å². The Morgan fingerprint density at radius 2 is 2.16 bits per heavy atom. The molecule has 0 bridgehead atoms. The number of sulfonamides is 1. The van der Waals surface area contributed by atoms with E-state index in [0.717, 1.165) is 0 Å². The second kappa shape index (κ2) is 5.85. The number of carboxylic acids is 1. The Kier molecular flexibility index (Phi) is 4.89. The van der Waals surface area contributed by atoms with Gasteiger partial charge in [-0.1, -0.05) is 11.6 Å². The van der Waals surface area contributed by atoms with Crippen molar-refractivity contribution in [2.45, 2.75) is 25.2 Å². The molecule has 0 unspecified atom stereocenters. The van der Waals surface area contributed by atoms with Gasteiger partial charge in [-0.25, -0.2) is 18.1 Å². The molecule has 0 spiro atoms. The third-order valence-electron chi connectivity index (χ3n) is 2.64. The third kappa shape index (κ3) is 4.15. The van der Waals surface area contributed by atoms with E-state index in [4.69, 9.17) is 16.7 Å². The van der Waals surface area contributed by atoms with E-state index in [1.807, 2.05) is 0 Å². The second-order valence-electron chi connectivity index (χ2n) is 4.63. The van der Waals surface area contributed by atoms with Crippen molar-refractivity contribution >= 4 is 27.6 Å². The Bertz CT molecular complexity index is 572. The minimum Gasteiger partial charge on any atom is -0.481 e. The first-order valence-corrected chi connectivity index (χ1v) is 7.36. The Balaban J connectivity index is 2.73. The van der Waals surface area contributed by atoms with Crippen LogP contribution in [0, 0.1) is 5.41 Å². The smallest absolute Gasteiger partial charge is 0.309 e. The molecule has 1 aromatic rings. The molecule has 19 heavy (non-hydrogen) atoms. The number of pyridine rings is 1. The Morgan fingerprint density at radius 3 is 2.68 bits per heavy atom. The van der Waals surface area contributed by atoms with Gasteiger partial charge in [-0.15, -0.1) is 0 Å². The molecule has 0 fully saturated rings. The summed E-state index contributed by atoms with van der Waals surface area (Å²) >= 11 is 5.70. The molecule has 0 aromatic carbocycles. The molecule has 1 rings (SSSR count). The first kappa shape index (κ1) is 15.9. The van der Waals surface area contributed by atoms with Crippen LogP contribution in [-0.4, -0.2) is 31.0 Å². The Morgan fingerprint density at radius 1 is 1.53 bits per heavy atom. The summed E-state index contributed by atoms with van der Waals surface area (Å²) in [6.07, 6.45) is 1.55. The van der Waals surface area contributed by atoms with Crippen molar-refractivity contribution in [1.29, 1.82) is 0 Å². The first-order chi connectivity index (χ1) is 8.67. The van der Waals surface area contributed by atoms with Crippen LogP contribution in [0.4, 0.5) is 0 Å². The summed E-state index contributed by atoms with van der Waals surface area (Å²) in [6.45, 7) is 3.06. The van der Waals surface area contributed by atoms with Gasteiger partial charge in [-0.2, -0.15) is 0 Å². The molecule has 8 heteroatoms. The van der Waals surface area contributed by atoms with Crippen molar-refractivity contribution < 1.29 is 18.3 Å². The number of halogens is 1. The zero-order valence-corrected chi connectivity index (χ0v) is 12.1. The van der Waals surface area contributed by atoms with Crippen LogP contribution in [0.5, 0.6) is 0 Å². The maximum Gasteiger partial charge on any atom is 0.309 e. The van der Waals surface area contributed by atoms with E-state index < -0.39 is 21.4 Å². The number of hydrogen-bond donors (Lipinski definition) is 2. The van der Waals surface area contributed by atoms with Gasteiger partial charge in [0.05, 0.1) is 5.41 Å². The summed E-state index contributed by atoms with van der Waals surface area (Å²) in [5.41, 5.74) is -0.999. The fourth-order valence-electron chi connectivity index (χ4n) is 1.25. The van der Waals surface area contributed by atoms with Gasteiger partial charge < -0.3 is 5.11 Å². The molecule has 0 aliphatic rings. The van der Waals surface area contributed by atoms with Gasteiger partial charge in [-0.05, 0) is 32.4 Å². The Labute approximate surface area is 116 Å². The van der Waals surface area contributed by atoms with E-state index in [9.17, 15) is 13.2 Å². The average Bonchev–Trinajstić information content (AvgIpc) is 2.28. The number of aliphatic carboxylic acids is 1. The molecule has 106 valence electrons. The maximum atomic E-state index is 11.9. The van der Waals surface area contributed by atoms with Crippen molar-refractivity contribution in [3.63, 3.8) is 0 Å². The van der Waals surface area contributed by atoms with Crippen LogP contribution in [0.15, 0.2) is 23.2 Å². The number of nitrogens with one attached hydrogen (secondary N) is 1. The fourth-order valence-corrected chi connectivity index (χ4v) is 2.74. The Hall–Kier alpha value is -1.18. The van der Waals surface area contributed by atoms with Gasteiger partial charge in [0.15, 0.2) is 0 Å². The van der Waals surface area contributed by atoms with Crippen molar-refractivity contribution in [1.82, 2.24) is 9.71 Å². The average molecular weight is 307 g/mol. The third-order valence-corrected chi connectivity index (χ3v) is 4.54. The van der Waals surface area contributed by atoms with Crippen LogP contribution in [0.25, 0.3) is 0 Å². The van der Waals surface area contributed by atoms with E-state index in [1.165, 1.54) is 32.2 Å². The molecule has 0 atom stereocenters. The van der Waals surface area contributed by atoms with E-state index in [2.05, 4.69) is 9.71 Å². The van der Waals surface area contributed by atoms with Gasteiger partial charge >= 0.3 is 5.97 Å². The zero-order chi connectivity index (χ0) is 14.7.